The molecule has 102 valence electrons. The first-order chi connectivity index (χ1) is 8.77. The number of likely N-dealkylation sites (N-methyl/N-ethyl adjacent to an activating group) is 1. The highest BCUT2D eigenvalue weighted by Crippen LogP contribution is 2.22. The third kappa shape index (κ3) is 4.05. The van der Waals surface area contributed by atoms with E-state index >= 15 is 0 Å². The van der Waals surface area contributed by atoms with Gasteiger partial charge in [-0.2, -0.15) is 0 Å². The summed E-state index contributed by atoms with van der Waals surface area (Å²) in [7, 11) is 4.31. The monoisotopic (exact) mass is 268 g/mol. The molecular weight excluding hydrogens is 244 g/mol. The minimum Gasteiger partial charge on any atom is -0.381 e. The van der Waals surface area contributed by atoms with Crippen LogP contribution in [0.2, 0.25) is 0 Å². The van der Waals surface area contributed by atoms with Gasteiger partial charge in [0.1, 0.15) is 0 Å². The van der Waals surface area contributed by atoms with Gasteiger partial charge < -0.3 is 15.0 Å². The molecule has 2 heterocycles. The van der Waals surface area contributed by atoms with Crippen LogP contribution in [0.3, 0.4) is 0 Å². The van der Waals surface area contributed by atoms with E-state index in [9.17, 15) is 0 Å². The topological polar surface area (TPSA) is 24.5 Å². The molecule has 1 fully saturated rings. The largest absolute Gasteiger partial charge is 0.381 e. The van der Waals surface area contributed by atoms with E-state index in [1.165, 1.54) is 17.7 Å². The van der Waals surface area contributed by atoms with Gasteiger partial charge in [-0.05, 0) is 50.8 Å². The van der Waals surface area contributed by atoms with Crippen LogP contribution in [-0.4, -0.2) is 45.3 Å². The second-order valence-electron chi connectivity index (χ2n) is 5.21. The van der Waals surface area contributed by atoms with Crippen molar-refractivity contribution in [2.75, 3.05) is 40.4 Å². The Labute approximate surface area is 114 Å². The van der Waals surface area contributed by atoms with Gasteiger partial charge in [0.05, 0.1) is 6.04 Å². The molecule has 1 atom stereocenters. The van der Waals surface area contributed by atoms with Gasteiger partial charge in [0, 0.05) is 24.6 Å². The maximum atomic E-state index is 5.39. The zero-order valence-corrected chi connectivity index (χ0v) is 12.2. The van der Waals surface area contributed by atoms with Gasteiger partial charge in [-0.15, -0.1) is 11.3 Å². The third-order valence-corrected chi connectivity index (χ3v) is 4.58. The van der Waals surface area contributed by atoms with E-state index in [0.717, 1.165) is 32.2 Å². The average molecular weight is 268 g/mol. The number of thiophene rings is 1. The number of rotatable bonds is 6. The summed E-state index contributed by atoms with van der Waals surface area (Å²) >= 11 is 1.84. The molecule has 0 aliphatic carbocycles. The van der Waals surface area contributed by atoms with Crippen LogP contribution in [0.4, 0.5) is 0 Å². The molecule has 4 heteroatoms. The number of ether oxygens (including phenoxy) is 1. The molecule has 1 aliphatic rings. The van der Waals surface area contributed by atoms with Crippen LogP contribution in [0.5, 0.6) is 0 Å². The highest BCUT2D eigenvalue weighted by Gasteiger charge is 2.17. The minimum atomic E-state index is 0.491. The van der Waals surface area contributed by atoms with E-state index in [4.69, 9.17) is 4.74 Å². The Hall–Kier alpha value is -0.420. The molecule has 3 nitrogen and oxygen atoms in total. The zero-order chi connectivity index (χ0) is 12.8. The van der Waals surface area contributed by atoms with Crippen LogP contribution in [-0.2, 0) is 4.74 Å². The van der Waals surface area contributed by atoms with E-state index in [0.29, 0.717) is 6.04 Å². The van der Waals surface area contributed by atoms with Crippen molar-refractivity contribution in [2.45, 2.75) is 18.9 Å². The molecule has 1 N–H and O–H groups in total. The summed E-state index contributed by atoms with van der Waals surface area (Å²) in [6, 6.07) is 4.85. The van der Waals surface area contributed by atoms with Crippen molar-refractivity contribution in [1.82, 2.24) is 10.2 Å². The van der Waals surface area contributed by atoms with Crippen LogP contribution in [0.25, 0.3) is 0 Å². The molecular formula is C14H24N2OS. The second-order valence-corrected chi connectivity index (χ2v) is 6.19. The summed E-state index contributed by atoms with van der Waals surface area (Å²) < 4.78 is 5.39. The molecule has 0 amide bonds. The first-order valence-corrected chi connectivity index (χ1v) is 7.63. The molecule has 18 heavy (non-hydrogen) atoms. The van der Waals surface area contributed by atoms with Crippen molar-refractivity contribution in [3.8, 4) is 0 Å². The van der Waals surface area contributed by atoms with Crippen LogP contribution in [0.15, 0.2) is 17.5 Å². The Bertz CT molecular complexity index is 321. The van der Waals surface area contributed by atoms with Crippen LogP contribution < -0.4 is 5.32 Å². The highest BCUT2D eigenvalue weighted by molar-refractivity contribution is 7.10. The Balaban J connectivity index is 1.76. The molecule has 0 aromatic carbocycles. The summed E-state index contributed by atoms with van der Waals surface area (Å²) in [5.74, 6) is 0.796. The van der Waals surface area contributed by atoms with Gasteiger partial charge in [-0.25, -0.2) is 0 Å². The first-order valence-electron chi connectivity index (χ1n) is 6.75. The van der Waals surface area contributed by atoms with Gasteiger partial charge in [-0.3, -0.25) is 0 Å². The van der Waals surface area contributed by atoms with Gasteiger partial charge in [0.2, 0.25) is 0 Å². The van der Waals surface area contributed by atoms with E-state index in [1.807, 2.05) is 11.3 Å². The lowest BCUT2D eigenvalue weighted by molar-refractivity contribution is 0.0658. The fourth-order valence-electron chi connectivity index (χ4n) is 2.39. The number of nitrogens with one attached hydrogen (secondary N) is 1. The quantitative estimate of drug-likeness (QED) is 0.857. The fourth-order valence-corrected chi connectivity index (χ4v) is 3.32. The minimum absolute atomic E-state index is 0.491. The molecule has 1 aromatic rings. The summed E-state index contributed by atoms with van der Waals surface area (Å²) in [4.78, 5) is 3.74. The van der Waals surface area contributed by atoms with Gasteiger partial charge >= 0.3 is 0 Å². The predicted molar refractivity (Wildman–Crippen MR) is 77.2 cm³/mol. The van der Waals surface area contributed by atoms with Gasteiger partial charge in [-0.1, -0.05) is 6.07 Å². The van der Waals surface area contributed by atoms with Crippen LogP contribution in [0.1, 0.15) is 23.8 Å². The average Bonchev–Trinajstić information content (AvgIpc) is 2.89. The predicted octanol–water partition coefficient (Wildman–Crippen LogP) is 2.37. The summed E-state index contributed by atoms with van der Waals surface area (Å²) in [6.07, 6.45) is 2.41. The van der Waals surface area contributed by atoms with Crippen LogP contribution >= 0.6 is 11.3 Å². The second kappa shape index (κ2) is 7.24. The Morgan fingerprint density at radius 3 is 2.83 bits per heavy atom. The van der Waals surface area contributed by atoms with E-state index in [-0.39, 0.29) is 0 Å². The highest BCUT2D eigenvalue weighted by atomic mass is 32.1. The molecule has 0 saturated carbocycles. The van der Waals surface area contributed by atoms with Gasteiger partial charge in [0.25, 0.3) is 0 Å². The maximum absolute atomic E-state index is 5.39. The Kier molecular flexibility index (Phi) is 5.63. The molecule has 0 spiro atoms. The smallest absolute Gasteiger partial charge is 0.0561 e. The zero-order valence-electron chi connectivity index (χ0n) is 11.4. The maximum Gasteiger partial charge on any atom is 0.0561 e. The lowest BCUT2D eigenvalue weighted by Crippen LogP contribution is -2.34. The number of hydrogen-bond acceptors (Lipinski definition) is 4. The molecule has 2 rings (SSSR count). The molecule has 0 bridgehead atoms. The third-order valence-electron chi connectivity index (χ3n) is 3.61. The SMILES string of the molecule is CN(C)C(CNCC1CCOCC1)c1cccs1. The molecule has 1 unspecified atom stereocenters. The van der Waals surface area contributed by atoms with Crippen molar-refractivity contribution in [3.05, 3.63) is 22.4 Å². The first kappa shape index (κ1) is 14.0. The summed E-state index contributed by atoms with van der Waals surface area (Å²) in [5, 5.41) is 5.79. The molecule has 1 saturated heterocycles. The number of nitrogens with zero attached hydrogens (tertiary/aromatic N) is 1. The fraction of sp³-hybridized carbons (Fsp3) is 0.714. The summed E-state index contributed by atoms with van der Waals surface area (Å²) in [5.41, 5.74) is 0. The van der Waals surface area contributed by atoms with Crippen molar-refractivity contribution in [2.24, 2.45) is 5.92 Å². The lowest BCUT2D eigenvalue weighted by Gasteiger charge is -2.26. The normalized spacial score (nSPS) is 19.3. The molecule has 1 aliphatic heterocycles. The summed E-state index contributed by atoms with van der Waals surface area (Å²) in [6.45, 7) is 4.03. The van der Waals surface area contributed by atoms with Gasteiger partial charge in [0.15, 0.2) is 0 Å². The Morgan fingerprint density at radius 2 is 2.22 bits per heavy atom. The van der Waals surface area contributed by atoms with E-state index < -0.39 is 0 Å². The van der Waals surface area contributed by atoms with Crippen molar-refractivity contribution >= 4 is 11.3 Å². The number of hydrogen-bond donors (Lipinski definition) is 1. The van der Waals surface area contributed by atoms with Crippen molar-refractivity contribution < 1.29 is 4.74 Å². The van der Waals surface area contributed by atoms with E-state index in [2.05, 4.69) is 41.8 Å². The standard InChI is InChI=1S/C14H24N2OS/c1-16(2)13(14-4-3-9-18-14)11-15-10-12-5-7-17-8-6-12/h3-4,9,12-13,15H,5-8,10-11H2,1-2H3. The van der Waals surface area contributed by atoms with E-state index in [1.54, 1.807) is 0 Å². The Morgan fingerprint density at radius 1 is 1.44 bits per heavy atom. The van der Waals surface area contributed by atoms with Crippen LogP contribution in [0, 0.1) is 5.92 Å². The molecule has 0 radical (unpaired) electrons. The van der Waals surface area contributed by atoms with Crippen molar-refractivity contribution in [1.29, 1.82) is 0 Å². The lowest BCUT2D eigenvalue weighted by atomic mass is 10.0. The van der Waals surface area contributed by atoms with Crippen molar-refractivity contribution in [3.63, 3.8) is 0 Å². The molecule has 1 aromatic heterocycles.